The fourth-order valence-corrected chi connectivity index (χ4v) is 4.42. The molecule has 3 heterocycles. The Balaban J connectivity index is 1.77. The molecular weight excluding hydrogens is 420 g/mol. The van der Waals surface area contributed by atoms with Crippen molar-refractivity contribution in [2.75, 3.05) is 24.7 Å². The molecule has 4 rings (SSSR count). The first-order valence-corrected chi connectivity index (χ1v) is 11.1. The van der Waals surface area contributed by atoms with Gasteiger partial charge in [0.15, 0.2) is 0 Å². The van der Waals surface area contributed by atoms with Gasteiger partial charge in [0.2, 0.25) is 0 Å². The van der Waals surface area contributed by atoms with E-state index in [4.69, 9.17) is 9.15 Å². The Bertz CT molecular complexity index is 1260. The fraction of sp³-hybridized carbons (Fsp3) is 0.346. The maximum absolute atomic E-state index is 12.7. The molecule has 0 saturated carbocycles. The quantitative estimate of drug-likeness (QED) is 0.428. The standard InChI is InChI=1S/C26H28N2O5/c1-4-32-24(30)6-5-11-28-22-14-23-18(12-20(22)19(16-29)15-26(28,2)3)13-21(25(31)33-23)17-7-9-27-10-8-17/h7-10,12-15,29H,4-6,11,16H2,1-3H3. The van der Waals surface area contributed by atoms with Gasteiger partial charge in [-0.2, -0.15) is 0 Å². The van der Waals surface area contributed by atoms with Crippen LogP contribution in [0.3, 0.4) is 0 Å². The molecule has 0 bridgehead atoms. The third kappa shape index (κ3) is 4.54. The van der Waals surface area contributed by atoms with Crippen LogP contribution in [0, 0.1) is 0 Å². The van der Waals surface area contributed by atoms with E-state index in [1.54, 1.807) is 31.5 Å². The van der Waals surface area contributed by atoms with Gasteiger partial charge in [-0.15, -0.1) is 0 Å². The van der Waals surface area contributed by atoms with Crippen molar-refractivity contribution < 1.29 is 19.1 Å². The Hall–Kier alpha value is -3.45. The minimum absolute atomic E-state index is 0.105. The van der Waals surface area contributed by atoms with E-state index in [1.165, 1.54) is 0 Å². The lowest BCUT2D eigenvalue weighted by Gasteiger charge is -2.43. The van der Waals surface area contributed by atoms with E-state index in [0.717, 1.165) is 27.8 Å². The predicted molar refractivity (Wildman–Crippen MR) is 128 cm³/mol. The summed E-state index contributed by atoms with van der Waals surface area (Å²) in [5.74, 6) is -0.215. The second-order valence-electron chi connectivity index (χ2n) is 8.63. The zero-order valence-corrected chi connectivity index (χ0v) is 19.1. The van der Waals surface area contributed by atoms with Crippen molar-refractivity contribution in [3.8, 4) is 11.1 Å². The molecule has 0 fully saturated rings. The first-order valence-electron chi connectivity index (χ1n) is 11.1. The Kier molecular flexibility index (Phi) is 6.33. The van der Waals surface area contributed by atoms with E-state index in [2.05, 4.69) is 29.8 Å². The number of esters is 1. The summed E-state index contributed by atoms with van der Waals surface area (Å²) < 4.78 is 10.8. The van der Waals surface area contributed by atoms with E-state index in [9.17, 15) is 14.7 Å². The molecule has 0 atom stereocenters. The number of pyridine rings is 1. The number of ether oxygens (including phenoxy) is 1. The molecular formula is C26H28N2O5. The van der Waals surface area contributed by atoms with Crippen LogP contribution < -0.4 is 10.5 Å². The number of nitrogens with zero attached hydrogens (tertiary/aromatic N) is 2. The van der Waals surface area contributed by atoms with Crippen molar-refractivity contribution in [1.82, 2.24) is 4.98 Å². The molecule has 0 aliphatic carbocycles. The number of anilines is 1. The van der Waals surface area contributed by atoms with Crippen LogP contribution in [0.4, 0.5) is 5.69 Å². The number of carbonyl (C=O) groups excluding carboxylic acids is 1. The number of fused-ring (bicyclic) bond motifs is 2. The molecule has 3 aromatic rings. The highest BCUT2D eigenvalue weighted by molar-refractivity contribution is 5.93. The zero-order valence-electron chi connectivity index (χ0n) is 19.1. The van der Waals surface area contributed by atoms with Crippen molar-refractivity contribution in [2.24, 2.45) is 0 Å². The van der Waals surface area contributed by atoms with Gasteiger partial charge in [-0.25, -0.2) is 4.79 Å². The average molecular weight is 449 g/mol. The lowest BCUT2D eigenvalue weighted by Crippen LogP contribution is -2.46. The van der Waals surface area contributed by atoms with Crippen LogP contribution >= 0.6 is 0 Å². The molecule has 0 unspecified atom stereocenters. The molecule has 0 amide bonds. The van der Waals surface area contributed by atoms with Crippen LogP contribution in [0.15, 0.2) is 58.0 Å². The summed E-state index contributed by atoms with van der Waals surface area (Å²) >= 11 is 0. The normalized spacial score (nSPS) is 14.7. The van der Waals surface area contributed by atoms with Gasteiger partial charge in [0.1, 0.15) is 5.58 Å². The third-order valence-corrected chi connectivity index (χ3v) is 5.94. The van der Waals surface area contributed by atoms with Gasteiger partial charge < -0.3 is 19.2 Å². The van der Waals surface area contributed by atoms with Crippen LogP contribution in [0.5, 0.6) is 0 Å². The maximum Gasteiger partial charge on any atom is 0.344 e. The average Bonchev–Trinajstić information content (AvgIpc) is 2.79. The summed E-state index contributed by atoms with van der Waals surface area (Å²) in [7, 11) is 0. The van der Waals surface area contributed by atoms with Crippen LogP contribution in [-0.4, -0.2) is 41.4 Å². The summed E-state index contributed by atoms with van der Waals surface area (Å²) in [6, 6.07) is 9.16. The number of aromatic nitrogens is 1. The second-order valence-corrected chi connectivity index (χ2v) is 8.63. The van der Waals surface area contributed by atoms with E-state index >= 15 is 0 Å². The van der Waals surface area contributed by atoms with E-state index in [0.29, 0.717) is 37.1 Å². The Morgan fingerprint density at radius 2 is 1.91 bits per heavy atom. The van der Waals surface area contributed by atoms with Crippen LogP contribution in [-0.2, 0) is 9.53 Å². The van der Waals surface area contributed by atoms with Crippen LogP contribution in [0.1, 0.15) is 39.2 Å². The number of hydrogen-bond donors (Lipinski definition) is 1. The summed E-state index contributed by atoms with van der Waals surface area (Å²) in [4.78, 5) is 30.7. The molecule has 1 aliphatic rings. The number of rotatable bonds is 7. The predicted octanol–water partition coefficient (Wildman–Crippen LogP) is 4.17. The second kappa shape index (κ2) is 9.19. The molecule has 0 spiro atoms. The van der Waals surface area contributed by atoms with Crippen molar-refractivity contribution in [3.05, 3.63) is 64.8 Å². The minimum Gasteiger partial charge on any atom is -0.466 e. The van der Waals surface area contributed by atoms with Crippen molar-refractivity contribution in [3.63, 3.8) is 0 Å². The van der Waals surface area contributed by atoms with Crippen molar-refractivity contribution >= 4 is 28.2 Å². The molecule has 0 saturated heterocycles. The van der Waals surface area contributed by atoms with Gasteiger partial charge in [-0.3, -0.25) is 9.78 Å². The maximum atomic E-state index is 12.7. The highest BCUT2D eigenvalue weighted by atomic mass is 16.5. The Labute approximate surface area is 192 Å². The number of benzene rings is 1. The molecule has 7 nitrogen and oxygen atoms in total. The van der Waals surface area contributed by atoms with Gasteiger partial charge in [-0.05, 0) is 62.6 Å². The first kappa shape index (κ1) is 22.7. The van der Waals surface area contributed by atoms with Gasteiger partial charge in [-0.1, -0.05) is 6.08 Å². The topological polar surface area (TPSA) is 92.9 Å². The van der Waals surface area contributed by atoms with Gasteiger partial charge >= 0.3 is 11.6 Å². The summed E-state index contributed by atoms with van der Waals surface area (Å²) in [6.45, 7) is 6.78. The first-order chi connectivity index (χ1) is 15.8. The Morgan fingerprint density at radius 3 is 2.61 bits per heavy atom. The number of aliphatic hydroxyl groups is 1. The molecule has 172 valence electrons. The highest BCUT2D eigenvalue weighted by Gasteiger charge is 2.32. The highest BCUT2D eigenvalue weighted by Crippen LogP contribution is 2.41. The van der Waals surface area contributed by atoms with E-state index in [-0.39, 0.29) is 12.6 Å². The smallest absolute Gasteiger partial charge is 0.344 e. The van der Waals surface area contributed by atoms with Crippen LogP contribution in [0.2, 0.25) is 0 Å². The largest absolute Gasteiger partial charge is 0.466 e. The summed E-state index contributed by atoms with van der Waals surface area (Å²) in [5.41, 5.74) is 3.41. The number of hydrogen-bond acceptors (Lipinski definition) is 7. The summed E-state index contributed by atoms with van der Waals surface area (Å²) in [6.07, 6.45) is 6.26. The molecule has 1 aliphatic heterocycles. The van der Waals surface area contributed by atoms with Crippen LogP contribution in [0.25, 0.3) is 27.7 Å². The monoisotopic (exact) mass is 448 g/mol. The van der Waals surface area contributed by atoms with Crippen molar-refractivity contribution in [2.45, 2.75) is 39.2 Å². The van der Waals surface area contributed by atoms with Gasteiger partial charge in [0, 0.05) is 48.1 Å². The molecule has 0 radical (unpaired) electrons. The van der Waals surface area contributed by atoms with Crippen molar-refractivity contribution in [1.29, 1.82) is 0 Å². The minimum atomic E-state index is -0.421. The summed E-state index contributed by atoms with van der Waals surface area (Å²) in [5, 5.41) is 10.9. The SMILES string of the molecule is CCOC(=O)CCCN1c2cc3oc(=O)c(-c4ccncc4)cc3cc2C(CO)=CC1(C)C. The van der Waals surface area contributed by atoms with E-state index < -0.39 is 11.2 Å². The lowest BCUT2D eigenvalue weighted by atomic mass is 9.87. The molecule has 33 heavy (non-hydrogen) atoms. The van der Waals surface area contributed by atoms with Gasteiger partial charge in [0.25, 0.3) is 0 Å². The molecule has 2 aromatic heterocycles. The fourth-order valence-electron chi connectivity index (χ4n) is 4.42. The van der Waals surface area contributed by atoms with Gasteiger partial charge in [0.05, 0.1) is 24.3 Å². The third-order valence-electron chi connectivity index (χ3n) is 5.94. The Morgan fingerprint density at radius 1 is 1.18 bits per heavy atom. The number of aliphatic hydroxyl groups excluding tert-OH is 1. The molecule has 1 aromatic carbocycles. The van der Waals surface area contributed by atoms with E-state index in [1.807, 2.05) is 18.2 Å². The molecule has 1 N–H and O–H groups in total. The lowest BCUT2D eigenvalue weighted by molar-refractivity contribution is -0.143. The number of carbonyl (C=O) groups is 1. The zero-order chi connectivity index (χ0) is 23.6. The molecule has 7 heteroatoms.